The summed E-state index contributed by atoms with van der Waals surface area (Å²) < 4.78 is 40.4. The lowest BCUT2D eigenvalue weighted by molar-refractivity contribution is 0.183. The fraction of sp³-hybridized carbons (Fsp3) is 0.241. The largest absolute Gasteiger partial charge is 0.508 e. The van der Waals surface area contributed by atoms with E-state index in [0.717, 1.165) is 36.8 Å². The molecule has 1 fully saturated rings. The van der Waals surface area contributed by atoms with Gasteiger partial charge in [0.25, 0.3) is 0 Å². The van der Waals surface area contributed by atoms with Crippen LogP contribution in [0.4, 0.5) is 8.78 Å². The van der Waals surface area contributed by atoms with E-state index in [0.29, 0.717) is 29.1 Å². The molecule has 0 saturated carbocycles. The van der Waals surface area contributed by atoms with Crippen molar-refractivity contribution in [3.8, 4) is 34.1 Å². The van der Waals surface area contributed by atoms with E-state index in [1.807, 2.05) is 12.1 Å². The molecule has 0 aromatic heterocycles. The summed E-state index contributed by atoms with van der Waals surface area (Å²) in [5, 5.41) is 11.3. The van der Waals surface area contributed by atoms with Gasteiger partial charge in [-0.05, 0) is 92.0 Å². The number of aromatic hydroxyl groups is 1. The van der Waals surface area contributed by atoms with Crippen molar-refractivity contribution < 1.29 is 23.4 Å². The first-order chi connectivity index (χ1) is 17.1. The van der Waals surface area contributed by atoms with E-state index in [1.165, 1.54) is 31.4 Å². The first-order valence-electron chi connectivity index (χ1n) is 11.9. The Morgan fingerprint density at radius 3 is 2.29 bits per heavy atom. The Morgan fingerprint density at radius 2 is 1.51 bits per heavy atom. The van der Waals surface area contributed by atoms with Crippen LogP contribution in [0.1, 0.15) is 19.3 Å². The van der Waals surface area contributed by atoms with Gasteiger partial charge in [-0.25, -0.2) is 8.78 Å². The van der Waals surface area contributed by atoms with Crippen molar-refractivity contribution >= 4 is 10.8 Å². The Hall–Kier alpha value is -3.64. The summed E-state index contributed by atoms with van der Waals surface area (Å²) in [6.45, 7) is 3.81. The first kappa shape index (κ1) is 23.1. The van der Waals surface area contributed by atoms with Crippen molar-refractivity contribution in [2.24, 2.45) is 0 Å². The topological polar surface area (TPSA) is 41.9 Å². The van der Waals surface area contributed by atoms with E-state index in [9.17, 15) is 13.9 Å². The van der Waals surface area contributed by atoms with Crippen molar-refractivity contribution in [1.82, 2.24) is 4.90 Å². The molecule has 0 radical (unpaired) electrons. The molecule has 0 unspecified atom stereocenters. The van der Waals surface area contributed by atoms with E-state index in [4.69, 9.17) is 9.47 Å². The molecular weight excluding hydrogens is 448 g/mol. The Balaban J connectivity index is 1.39. The van der Waals surface area contributed by atoms with Crippen LogP contribution in [0.25, 0.3) is 21.9 Å². The molecule has 1 aliphatic heterocycles. The van der Waals surface area contributed by atoms with Gasteiger partial charge in [0.15, 0.2) is 0 Å². The number of ether oxygens (including phenoxy) is 2. The number of likely N-dealkylation sites (tertiary alicyclic amines) is 1. The van der Waals surface area contributed by atoms with Crippen LogP contribution in [-0.4, -0.2) is 36.2 Å². The molecule has 35 heavy (non-hydrogen) atoms. The monoisotopic (exact) mass is 475 g/mol. The Kier molecular flexibility index (Phi) is 6.82. The lowest BCUT2D eigenvalue weighted by Gasteiger charge is -2.26. The fourth-order valence-electron chi connectivity index (χ4n) is 4.52. The Bertz CT molecular complexity index is 1320. The summed E-state index contributed by atoms with van der Waals surface area (Å²) in [6.07, 6.45) is 3.82. The van der Waals surface area contributed by atoms with E-state index in [-0.39, 0.29) is 11.3 Å². The quantitative estimate of drug-likeness (QED) is 0.308. The molecule has 0 spiro atoms. The van der Waals surface area contributed by atoms with Gasteiger partial charge in [-0.3, -0.25) is 4.90 Å². The number of nitrogens with zero attached hydrogens (tertiary/aromatic N) is 1. The van der Waals surface area contributed by atoms with E-state index in [1.54, 1.807) is 42.5 Å². The van der Waals surface area contributed by atoms with Crippen LogP contribution < -0.4 is 9.47 Å². The second kappa shape index (κ2) is 10.3. The van der Waals surface area contributed by atoms with Gasteiger partial charge >= 0.3 is 0 Å². The van der Waals surface area contributed by atoms with Crippen molar-refractivity contribution in [2.45, 2.75) is 19.3 Å². The van der Waals surface area contributed by atoms with Gasteiger partial charge in [0.05, 0.1) is 0 Å². The lowest BCUT2D eigenvalue weighted by Crippen LogP contribution is -2.33. The number of phenols is 1. The minimum Gasteiger partial charge on any atom is -0.508 e. The highest BCUT2D eigenvalue weighted by Gasteiger charge is 2.16. The summed E-state index contributed by atoms with van der Waals surface area (Å²) in [7, 11) is 0. The second-order valence-electron chi connectivity index (χ2n) is 8.80. The number of benzene rings is 4. The van der Waals surface area contributed by atoms with Gasteiger partial charge in [0.2, 0.25) is 0 Å². The number of phenolic OH excluding ortho intramolecular Hbond substituents is 1. The van der Waals surface area contributed by atoms with E-state index < -0.39 is 11.6 Å². The summed E-state index contributed by atoms with van der Waals surface area (Å²) in [6, 6.07) is 19.2. The third-order valence-corrected chi connectivity index (χ3v) is 6.34. The molecule has 5 rings (SSSR count). The number of fused-ring (bicyclic) bond motifs is 1. The fourth-order valence-corrected chi connectivity index (χ4v) is 4.52. The minimum atomic E-state index is -0.676. The maximum absolute atomic E-state index is 14.7. The van der Waals surface area contributed by atoms with Crippen LogP contribution in [0.2, 0.25) is 0 Å². The maximum Gasteiger partial charge on any atom is 0.143 e. The maximum atomic E-state index is 14.7. The van der Waals surface area contributed by atoms with Gasteiger partial charge in [-0.15, -0.1) is 0 Å². The van der Waals surface area contributed by atoms with Crippen molar-refractivity contribution in [1.29, 1.82) is 0 Å². The molecule has 4 aromatic carbocycles. The van der Waals surface area contributed by atoms with Crippen LogP contribution in [-0.2, 0) is 0 Å². The van der Waals surface area contributed by atoms with E-state index in [2.05, 4.69) is 4.90 Å². The normalized spacial score (nSPS) is 14.2. The molecule has 0 amide bonds. The molecule has 0 bridgehead atoms. The molecule has 4 aromatic rings. The third kappa shape index (κ3) is 5.38. The zero-order valence-electron chi connectivity index (χ0n) is 19.3. The predicted molar refractivity (Wildman–Crippen MR) is 133 cm³/mol. The molecule has 1 aliphatic rings. The zero-order valence-corrected chi connectivity index (χ0v) is 19.3. The average molecular weight is 476 g/mol. The van der Waals surface area contributed by atoms with Gasteiger partial charge in [0.1, 0.15) is 41.2 Å². The highest BCUT2D eigenvalue weighted by atomic mass is 19.1. The van der Waals surface area contributed by atoms with Gasteiger partial charge in [-0.1, -0.05) is 12.5 Å². The highest BCUT2D eigenvalue weighted by molar-refractivity contribution is 5.96. The van der Waals surface area contributed by atoms with Crippen LogP contribution in [0.3, 0.4) is 0 Å². The molecule has 6 heteroatoms. The third-order valence-electron chi connectivity index (χ3n) is 6.34. The molecule has 180 valence electrons. The summed E-state index contributed by atoms with van der Waals surface area (Å²) in [4.78, 5) is 2.43. The van der Waals surface area contributed by atoms with Crippen LogP contribution in [0, 0.1) is 11.6 Å². The predicted octanol–water partition coefficient (Wildman–Crippen LogP) is 7.15. The van der Waals surface area contributed by atoms with Gasteiger partial charge in [-0.2, -0.15) is 0 Å². The van der Waals surface area contributed by atoms with Gasteiger partial charge in [0, 0.05) is 29.1 Å². The molecule has 1 saturated heterocycles. The summed E-state index contributed by atoms with van der Waals surface area (Å²) in [5.41, 5.74) is 0.719. The smallest absolute Gasteiger partial charge is 0.143 e. The lowest BCUT2D eigenvalue weighted by atomic mass is 9.99. The van der Waals surface area contributed by atoms with Crippen molar-refractivity contribution in [2.75, 3.05) is 26.2 Å². The summed E-state index contributed by atoms with van der Waals surface area (Å²) in [5.74, 6) is 0.530. The number of piperidine rings is 1. The SMILES string of the molecule is Oc1ccc2c(Oc3ccc(OCCN4CCCCC4)cc3)c(-c3ccc(F)cc3F)ccc2c1. The minimum absolute atomic E-state index is 0.121. The first-order valence-corrected chi connectivity index (χ1v) is 11.9. The van der Waals surface area contributed by atoms with Crippen molar-refractivity contribution in [3.63, 3.8) is 0 Å². The Morgan fingerprint density at radius 1 is 0.771 bits per heavy atom. The molecular formula is C29H27F2NO3. The van der Waals surface area contributed by atoms with Gasteiger partial charge < -0.3 is 14.6 Å². The molecule has 1 N–H and O–H groups in total. The van der Waals surface area contributed by atoms with Crippen LogP contribution in [0.5, 0.6) is 23.0 Å². The average Bonchev–Trinajstić information content (AvgIpc) is 2.86. The van der Waals surface area contributed by atoms with Crippen molar-refractivity contribution in [3.05, 3.63) is 84.4 Å². The molecule has 0 aliphatic carbocycles. The number of hydrogen-bond donors (Lipinski definition) is 1. The number of halogens is 2. The number of rotatable bonds is 7. The molecule has 1 heterocycles. The standard InChI is InChI=1S/C29H27F2NO3/c30-21-5-12-26(28(31)19-21)27-11-4-20-18-22(33)6-13-25(20)29(27)35-24-9-7-23(8-10-24)34-17-16-32-14-2-1-3-15-32/h4-13,18-19,33H,1-3,14-17H2. The molecule has 4 nitrogen and oxygen atoms in total. The van der Waals surface area contributed by atoms with Crippen LogP contribution >= 0.6 is 0 Å². The highest BCUT2D eigenvalue weighted by Crippen LogP contribution is 2.41. The molecule has 0 atom stereocenters. The zero-order chi connectivity index (χ0) is 24.2. The van der Waals surface area contributed by atoms with E-state index >= 15 is 0 Å². The van der Waals surface area contributed by atoms with Crippen LogP contribution in [0.15, 0.2) is 72.8 Å². The second-order valence-corrected chi connectivity index (χ2v) is 8.80. The summed E-state index contributed by atoms with van der Waals surface area (Å²) >= 11 is 0. The number of hydrogen-bond acceptors (Lipinski definition) is 4. The Labute approximate surface area is 203 Å².